The molecular weight excluding hydrogens is 332 g/mol. The Morgan fingerprint density at radius 1 is 1.04 bits per heavy atom. The number of rotatable bonds is 4. The van der Waals surface area contributed by atoms with E-state index in [0.717, 1.165) is 35.7 Å². The predicted molar refractivity (Wildman–Crippen MR) is 102 cm³/mol. The molecule has 2 heterocycles. The molecule has 132 valence electrons. The number of halogens is 1. The SMILES string of the molecule is C[C@@H]1[C@H]2CCCN2CCN1Cc1cccc(Oc2ccc(Cl)cc2)c1. The van der Waals surface area contributed by atoms with Crippen LogP contribution in [0, 0.1) is 0 Å². The number of piperazine rings is 1. The van der Waals surface area contributed by atoms with Gasteiger partial charge in [0.1, 0.15) is 11.5 Å². The normalized spacial score (nSPS) is 24.2. The molecule has 0 unspecified atom stereocenters. The first-order chi connectivity index (χ1) is 12.2. The molecule has 0 bridgehead atoms. The van der Waals surface area contributed by atoms with Crippen molar-refractivity contribution in [2.24, 2.45) is 0 Å². The summed E-state index contributed by atoms with van der Waals surface area (Å²) >= 11 is 5.94. The highest BCUT2D eigenvalue weighted by atomic mass is 35.5. The van der Waals surface area contributed by atoms with Crippen molar-refractivity contribution in [2.45, 2.75) is 38.4 Å². The van der Waals surface area contributed by atoms with Crippen molar-refractivity contribution in [2.75, 3.05) is 19.6 Å². The topological polar surface area (TPSA) is 15.7 Å². The molecule has 25 heavy (non-hydrogen) atoms. The van der Waals surface area contributed by atoms with Crippen molar-refractivity contribution in [3.63, 3.8) is 0 Å². The molecule has 4 rings (SSSR count). The van der Waals surface area contributed by atoms with Gasteiger partial charge in [0.15, 0.2) is 0 Å². The summed E-state index contributed by atoms with van der Waals surface area (Å²) in [6.07, 6.45) is 2.70. The second-order valence-corrected chi connectivity index (χ2v) is 7.60. The van der Waals surface area contributed by atoms with Crippen molar-refractivity contribution in [3.8, 4) is 11.5 Å². The smallest absolute Gasteiger partial charge is 0.127 e. The van der Waals surface area contributed by atoms with E-state index in [0.29, 0.717) is 6.04 Å². The lowest BCUT2D eigenvalue weighted by molar-refractivity contribution is 0.0470. The van der Waals surface area contributed by atoms with Crippen LogP contribution >= 0.6 is 11.6 Å². The standard InChI is InChI=1S/C21H25ClN2O/c1-16-21-6-3-11-23(21)12-13-24(16)15-17-4-2-5-20(14-17)25-19-9-7-18(22)8-10-19/h2,4-5,7-10,14,16,21H,3,6,11-13,15H2,1H3/t16-,21-/m1/s1. The molecule has 2 aliphatic heterocycles. The zero-order valence-electron chi connectivity index (χ0n) is 14.7. The first-order valence-electron chi connectivity index (χ1n) is 9.19. The minimum Gasteiger partial charge on any atom is -0.457 e. The fourth-order valence-electron chi connectivity index (χ4n) is 4.18. The fraction of sp³-hybridized carbons (Fsp3) is 0.429. The Kier molecular flexibility index (Phi) is 4.98. The largest absolute Gasteiger partial charge is 0.457 e. The molecule has 2 aliphatic rings. The molecule has 0 spiro atoms. The van der Waals surface area contributed by atoms with Crippen LogP contribution in [0.15, 0.2) is 48.5 Å². The lowest BCUT2D eigenvalue weighted by atomic mass is 10.0. The summed E-state index contributed by atoms with van der Waals surface area (Å²) in [5.74, 6) is 1.70. The van der Waals surface area contributed by atoms with Crippen molar-refractivity contribution >= 4 is 11.6 Å². The van der Waals surface area contributed by atoms with Gasteiger partial charge in [-0.2, -0.15) is 0 Å². The van der Waals surface area contributed by atoms with Crippen LogP contribution in [0.4, 0.5) is 0 Å². The average Bonchev–Trinajstić information content (AvgIpc) is 3.09. The van der Waals surface area contributed by atoms with Crippen LogP contribution in [0.2, 0.25) is 5.02 Å². The van der Waals surface area contributed by atoms with Crippen LogP contribution < -0.4 is 4.74 Å². The average molecular weight is 357 g/mol. The number of hydrogen-bond acceptors (Lipinski definition) is 3. The Labute approximate surface area is 155 Å². The Morgan fingerprint density at radius 2 is 1.88 bits per heavy atom. The van der Waals surface area contributed by atoms with E-state index in [1.807, 2.05) is 30.3 Å². The van der Waals surface area contributed by atoms with E-state index in [9.17, 15) is 0 Å². The number of ether oxygens (including phenoxy) is 1. The lowest BCUT2D eigenvalue weighted by Crippen LogP contribution is -2.55. The first-order valence-corrected chi connectivity index (χ1v) is 9.57. The van der Waals surface area contributed by atoms with Gasteiger partial charge >= 0.3 is 0 Å². The van der Waals surface area contributed by atoms with Gasteiger partial charge in [0.25, 0.3) is 0 Å². The highest BCUT2D eigenvalue weighted by Crippen LogP contribution is 2.29. The summed E-state index contributed by atoms with van der Waals surface area (Å²) in [5, 5.41) is 0.723. The second kappa shape index (κ2) is 7.36. The van der Waals surface area contributed by atoms with Crippen LogP contribution in [0.25, 0.3) is 0 Å². The molecule has 0 saturated carbocycles. The number of benzene rings is 2. The van der Waals surface area contributed by atoms with Crippen molar-refractivity contribution in [1.82, 2.24) is 9.80 Å². The van der Waals surface area contributed by atoms with Gasteiger partial charge in [0.05, 0.1) is 0 Å². The highest BCUT2D eigenvalue weighted by molar-refractivity contribution is 6.30. The van der Waals surface area contributed by atoms with E-state index in [1.165, 1.54) is 31.5 Å². The zero-order valence-corrected chi connectivity index (χ0v) is 15.5. The highest BCUT2D eigenvalue weighted by Gasteiger charge is 2.36. The Bertz CT molecular complexity index is 718. The molecule has 2 atom stereocenters. The minimum absolute atomic E-state index is 0.622. The molecule has 0 amide bonds. The molecule has 3 nitrogen and oxygen atoms in total. The van der Waals surface area contributed by atoms with E-state index in [1.54, 1.807) is 0 Å². The molecule has 0 aliphatic carbocycles. The van der Waals surface area contributed by atoms with E-state index < -0.39 is 0 Å². The maximum atomic E-state index is 5.97. The minimum atomic E-state index is 0.622. The van der Waals surface area contributed by atoms with E-state index in [-0.39, 0.29) is 0 Å². The van der Waals surface area contributed by atoms with Gasteiger partial charge in [0.2, 0.25) is 0 Å². The van der Waals surface area contributed by atoms with Gasteiger partial charge in [-0.05, 0) is 68.3 Å². The molecule has 0 radical (unpaired) electrons. The number of nitrogens with zero attached hydrogens (tertiary/aromatic N) is 2. The van der Waals surface area contributed by atoms with Crippen LogP contribution in [-0.2, 0) is 6.54 Å². The fourth-order valence-corrected chi connectivity index (χ4v) is 4.31. The molecule has 2 saturated heterocycles. The summed E-state index contributed by atoms with van der Waals surface area (Å²) in [7, 11) is 0. The summed E-state index contributed by atoms with van der Waals surface area (Å²) in [6, 6.07) is 17.3. The summed E-state index contributed by atoms with van der Waals surface area (Å²) < 4.78 is 5.97. The van der Waals surface area contributed by atoms with Crippen LogP contribution in [0.5, 0.6) is 11.5 Å². The summed E-state index contributed by atoms with van der Waals surface area (Å²) in [6.45, 7) is 7.02. The van der Waals surface area contributed by atoms with Gasteiger partial charge in [-0.15, -0.1) is 0 Å². The Morgan fingerprint density at radius 3 is 2.72 bits per heavy atom. The molecule has 2 aromatic rings. The third-order valence-electron chi connectivity index (χ3n) is 5.55. The lowest BCUT2D eigenvalue weighted by Gasteiger charge is -2.43. The van der Waals surface area contributed by atoms with Crippen molar-refractivity contribution in [1.29, 1.82) is 0 Å². The van der Waals surface area contributed by atoms with Crippen LogP contribution in [-0.4, -0.2) is 41.5 Å². The van der Waals surface area contributed by atoms with E-state index in [2.05, 4.69) is 34.9 Å². The first kappa shape index (κ1) is 16.9. The van der Waals surface area contributed by atoms with Crippen molar-refractivity contribution < 1.29 is 4.74 Å². The van der Waals surface area contributed by atoms with Crippen LogP contribution in [0.3, 0.4) is 0 Å². The summed E-state index contributed by atoms with van der Waals surface area (Å²) in [4.78, 5) is 5.29. The van der Waals surface area contributed by atoms with Crippen molar-refractivity contribution in [3.05, 3.63) is 59.1 Å². The molecular formula is C21H25ClN2O. The maximum absolute atomic E-state index is 5.97. The van der Waals surface area contributed by atoms with E-state index >= 15 is 0 Å². The second-order valence-electron chi connectivity index (χ2n) is 7.16. The molecule has 2 aromatic carbocycles. The zero-order chi connectivity index (χ0) is 17.2. The third kappa shape index (κ3) is 3.84. The van der Waals surface area contributed by atoms with Gasteiger partial charge in [0, 0.05) is 36.7 Å². The Hall–Kier alpha value is -1.55. The van der Waals surface area contributed by atoms with Gasteiger partial charge in [-0.1, -0.05) is 23.7 Å². The van der Waals surface area contributed by atoms with Gasteiger partial charge in [-0.3, -0.25) is 9.80 Å². The van der Waals surface area contributed by atoms with E-state index in [4.69, 9.17) is 16.3 Å². The molecule has 0 aromatic heterocycles. The molecule has 0 N–H and O–H groups in total. The maximum Gasteiger partial charge on any atom is 0.127 e. The monoisotopic (exact) mass is 356 g/mol. The Balaban J connectivity index is 1.43. The predicted octanol–water partition coefficient (Wildman–Crippen LogP) is 4.80. The summed E-state index contributed by atoms with van der Waals surface area (Å²) in [5.41, 5.74) is 1.31. The molecule has 2 fully saturated rings. The number of fused-ring (bicyclic) bond motifs is 1. The van der Waals surface area contributed by atoms with Gasteiger partial charge in [-0.25, -0.2) is 0 Å². The quantitative estimate of drug-likeness (QED) is 0.782. The van der Waals surface area contributed by atoms with Crippen LogP contribution in [0.1, 0.15) is 25.3 Å². The number of hydrogen-bond donors (Lipinski definition) is 0. The molecule has 4 heteroatoms. The third-order valence-corrected chi connectivity index (χ3v) is 5.81. The van der Waals surface area contributed by atoms with Gasteiger partial charge < -0.3 is 4.74 Å².